The van der Waals surface area contributed by atoms with Gasteiger partial charge in [-0.05, 0) is 63.7 Å². The van der Waals surface area contributed by atoms with Gasteiger partial charge in [0.2, 0.25) is 0 Å². The summed E-state index contributed by atoms with van der Waals surface area (Å²) < 4.78 is 5.72. The number of hydrogen-bond acceptors (Lipinski definition) is 2. The van der Waals surface area contributed by atoms with Gasteiger partial charge in [-0.15, -0.1) is 0 Å². The van der Waals surface area contributed by atoms with Crippen LogP contribution in [0.4, 0.5) is 0 Å². The SMILES string of the molecule is CC1(C(=O)NC(C2CC2)C2CC2)CCCCO1. The molecule has 17 heavy (non-hydrogen) atoms. The van der Waals surface area contributed by atoms with E-state index in [2.05, 4.69) is 5.32 Å². The Kier molecular flexibility index (Phi) is 2.89. The highest BCUT2D eigenvalue weighted by atomic mass is 16.5. The lowest BCUT2D eigenvalue weighted by Gasteiger charge is -2.34. The third kappa shape index (κ3) is 2.49. The summed E-state index contributed by atoms with van der Waals surface area (Å²) in [5, 5.41) is 3.29. The Morgan fingerprint density at radius 1 is 1.24 bits per heavy atom. The van der Waals surface area contributed by atoms with Crippen LogP contribution in [0.25, 0.3) is 0 Å². The maximum Gasteiger partial charge on any atom is 0.252 e. The highest BCUT2D eigenvalue weighted by Crippen LogP contribution is 2.44. The Labute approximate surface area is 103 Å². The third-order valence-electron chi connectivity index (χ3n) is 4.51. The van der Waals surface area contributed by atoms with Gasteiger partial charge in [0.25, 0.3) is 5.91 Å². The van der Waals surface area contributed by atoms with E-state index in [9.17, 15) is 4.79 Å². The molecule has 0 aromatic rings. The summed E-state index contributed by atoms with van der Waals surface area (Å²) in [5.74, 6) is 1.67. The number of carbonyl (C=O) groups is 1. The Balaban J connectivity index is 1.60. The second kappa shape index (κ2) is 4.27. The van der Waals surface area contributed by atoms with Gasteiger partial charge in [-0.1, -0.05) is 0 Å². The summed E-state index contributed by atoms with van der Waals surface area (Å²) in [5.41, 5.74) is -0.555. The summed E-state index contributed by atoms with van der Waals surface area (Å²) in [7, 11) is 0. The van der Waals surface area contributed by atoms with Crippen molar-refractivity contribution >= 4 is 5.91 Å². The standard InChI is InChI=1S/C14H23NO2/c1-14(8-2-3-9-17-14)13(16)15-12(10-4-5-10)11-6-7-11/h10-12H,2-9H2,1H3,(H,15,16). The van der Waals surface area contributed by atoms with Crippen molar-refractivity contribution < 1.29 is 9.53 Å². The quantitative estimate of drug-likeness (QED) is 0.814. The van der Waals surface area contributed by atoms with Crippen molar-refractivity contribution in [1.82, 2.24) is 5.32 Å². The van der Waals surface area contributed by atoms with Crippen LogP contribution in [0.3, 0.4) is 0 Å². The summed E-state index contributed by atoms with van der Waals surface area (Å²) >= 11 is 0. The number of rotatable bonds is 4. The maximum atomic E-state index is 12.4. The molecule has 3 heteroatoms. The van der Waals surface area contributed by atoms with Gasteiger partial charge in [0.1, 0.15) is 5.60 Å². The topological polar surface area (TPSA) is 38.3 Å². The van der Waals surface area contributed by atoms with Crippen LogP contribution in [-0.2, 0) is 9.53 Å². The fourth-order valence-corrected chi connectivity index (χ4v) is 2.95. The smallest absolute Gasteiger partial charge is 0.252 e. The molecule has 0 aromatic heterocycles. The van der Waals surface area contributed by atoms with Gasteiger partial charge in [-0.25, -0.2) is 0 Å². The zero-order valence-corrected chi connectivity index (χ0v) is 10.7. The van der Waals surface area contributed by atoms with Crippen LogP contribution in [0.15, 0.2) is 0 Å². The Morgan fingerprint density at radius 2 is 1.88 bits per heavy atom. The van der Waals surface area contributed by atoms with Crippen molar-refractivity contribution in [2.24, 2.45) is 11.8 Å². The van der Waals surface area contributed by atoms with Gasteiger partial charge in [0.15, 0.2) is 0 Å². The van der Waals surface area contributed by atoms with Gasteiger partial charge in [-0.2, -0.15) is 0 Å². The van der Waals surface area contributed by atoms with E-state index in [1.807, 2.05) is 6.92 Å². The second-order valence-corrected chi connectivity index (χ2v) is 6.21. The first-order valence-electron chi connectivity index (χ1n) is 7.14. The summed E-state index contributed by atoms with van der Waals surface area (Å²) in [4.78, 5) is 12.4. The van der Waals surface area contributed by atoms with Gasteiger partial charge in [0, 0.05) is 12.6 Å². The van der Waals surface area contributed by atoms with Crippen LogP contribution in [0.5, 0.6) is 0 Å². The predicted molar refractivity (Wildman–Crippen MR) is 65.6 cm³/mol. The minimum Gasteiger partial charge on any atom is -0.365 e. The van der Waals surface area contributed by atoms with Crippen LogP contribution in [0.1, 0.15) is 51.9 Å². The number of carbonyl (C=O) groups excluding carboxylic acids is 1. The van der Waals surface area contributed by atoms with Crippen LogP contribution in [-0.4, -0.2) is 24.2 Å². The van der Waals surface area contributed by atoms with E-state index in [1.165, 1.54) is 25.7 Å². The molecule has 96 valence electrons. The highest BCUT2D eigenvalue weighted by molar-refractivity contribution is 5.85. The lowest BCUT2D eigenvalue weighted by atomic mass is 9.94. The number of ether oxygens (including phenoxy) is 1. The van der Waals surface area contributed by atoms with Crippen molar-refractivity contribution in [2.75, 3.05) is 6.61 Å². The lowest BCUT2D eigenvalue weighted by Crippen LogP contribution is -2.52. The van der Waals surface area contributed by atoms with Crippen molar-refractivity contribution in [2.45, 2.75) is 63.5 Å². The van der Waals surface area contributed by atoms with Gasteiger partial charge in [0.05, 0.1) is 0 Å². The maximum absolute atomic E-state index is 12.4. The first kappa shape index (κ1) is 11.5. The first-order chi connectivity index (χ1) is 8.19. The molecule has 3 fully saturated rings. The van der Waals surface area contributed by atoms with Crippen LogP contribution < -0.4 is 5.32 Å². The number of nitrogens with one attached hydrogen (secondary N) is 1. The van der Waals surface area contributed by atoms with Gasteiger partial charge >= 0.3 is 0 Å². The second-order valence-electron chi connectivity index (χ2n) is 6.21. The monoisotopic (exact) mass is 237 g/mol. The fraction of sp³-hybridized carbons (Fsp3) is 0.929. The molecule has 0 aromatic carbocycles. The molecule has 1 N–H and O–H groups in total. The Hall–Kier alpha value is -0.570. The molecule has 1 aliphatic heterocycles. The molecule has 1 unspecified atom stereocenters. The summed E-state index contributed by atoms with van der Waals surface area (Å²) in [6.45, 7) is 2.69. The molecule has 0 spiro atoms. The molecule has 1 heterocycles. The molecule has 3 rings (SSSR count). The molecule has 2 aliphatic carbocycles. The average Bonchev–Trinajstić information content (AvgIpc) is 3.17. The third-order valence-corrected chi connectivity index (χ3v) is 4.51. The zero-order valence-electron chi connectivity index (χ0n) is 10.7. The molecule has 0 radical (unpaired) electrons. The van der Waals surface area contributed by atoms with E-state index in [4.69, 9.17) is 4.74 Å². The normalized spacial score (nSPS) is 33.8. The van der Waals surface area contributed by atoms with Crippen LogP contribution >= 0.6 is 0 Å². The molecular formula is C14H23NO2. The Bertz CT molecular complexity index is 289. The summed E-state index contributed by atoms with van der Waals surface area (Å²) in [6.07, 6.45) is 8.30. The fourth-order valence-electron chi connectivity index (χ4n) is 2.95. The average molecular weight is 237 g/mol. The molecule has 2 saturated carbocycles. The van der Waals surface area contributed by atoms with Gasteiger partial charge < -0.3 is 10.1 Å². The summed E-state index contributed by atoms with van der Waals surface area (Å²) in [6, 6.07) is 0.449. The van der Waals surface area contributed by atoms with E-state index >= 15 is 0 Å². The highest BCUT2D eigenvalue weighted by Gasteiger charge is 2.45. The van der Waals surface area contributed by atoms with Gasteiger partial charge in [-0.3, -0.25) is 4.79 Å². The molecule has 1 saturated heterocycles. The lowest BCUT2D eigenvalue weighted by molar-refractivity contribution is -0.151. The molecule has 0 bridgehead atoms. The van der Waals surface area contributed by atoms with Crippen LogP contribution in [0, 0.1) is 11.8 Å². The van der Waals surface area contributed by atoms with Crippen molar-refractivity contribution in [1.29, 1.82) is 0 Å². The molecule has 1 atom stereocenters. The van der Waals surface area contributed by atoms with Crippen LogP contribution in [0.2, 0.25) is 0 Å². The van der Waals surface area contributed by atoms with E-state index in [1.54, 1.807) is 0 Å². The zero-order chi connectivity index (χ0) is 11.9. The number of amides is 1. The van der Waals surface area contributed by atoms with E-state index < -0.39 is 5.60 Å². The van der Waals surface area contributed by atoms with E-state index in [0.717, 1.165) is 37.7 Å². The molecule has 3 nitrogen and oxygen atoms in total. The first-order valence-corrected chi connectivity index (χ1v) is 7.14. The molecule has 1 amide bonds. The predicted octanol–water partition coefficient (Wildman–Crippen LogP) is 2.25. The van der Waals surface area contributed by atoms with Crippen molar-refractivity contribution in [3.63, 3.8) is 0 Å². The largest absolute Gasteiger partial charge is 0.365 e. The van der Waals surface area contributed by atoms with E-state index in [-0.39, 0.29) is 5.91 Å². The Morgan fingerprint density at radius 3 is 2.35 bits per heavy atom. The number of hydrogen-bond donors (Lipinski definition) is 1. The van der Waals surface area contributed by atoms with Crippen molar-refractivity contribution in [3.05, 3.63) is 0 Å². The molecular weight excluding hydrogens is 214 g/mol. The van der Waals surface area contributed by atoms with Crippen molar-refractivity contribution in [3.8, 4) is 0 Å². The minimum absolute atomic E-state index is 0.140. The minimum atomic E-state index is -0.555. The van der Waals surface area contributed by atoms with E-state index in [0.29, 0.717) is 6.04 Å². The molecule has 3 aliphatic rings.